The van der Waals surface area contributed by atoms with Crippen LogP contribution in [0.5, 0.6) is 0 Å². The van der Waals surface area contributed by atoms with Crippen molar-refractivity contribution in [3.63, 3.8) is 0 Å². The number of anilines is 1. The molecule has 0 radical (unpaired) electrons. The normalized spacial score (nSPS) is 10.4. The van der Waals surface area contributed by atoms with Crippen LogP contribution in [-0.2, 0) is 6.42 Å². The van der Waals surface area contributed by atoms with Gasteiger partial charge in [0.05, 0.1) is 0 Å². The van der Waals surface area contributed by atoms with E-state index in [9.17, 15) is 4.79 Å². The van der Waals surface area contributed by atoms with Crippen LogP contribution in [0.4, 0.5) is 5.69 Å². The number of thiophene rings is 1. The largest absolute Gasteiger partial charge is 0.399 e. The second-order valence-electron chi connectivity index (χ2n) is 3.79. The molecule has 17 heavy (non-hydrogen) atoms. The van der Waals surface area contributed by atoms with Gasteiger partial charge in [-0.1, -0.05) is 15.9 Å². The number of nitrogen functional groups attached to an aromatic ring is 1. The first kappa shape index (κ1) is 12.3. The van der Waals surface area contributed by atoms with Crippen LogP contribution < -0.4 is 5.73 Å². The van der Waals surface area contributed by atoms with Crippen LogP contribution in [0, 0.1) is 0 Å². The van der Waals surface area contributed by atoms with E-state index in [2.05, 4.69) is 21.3 Å². The topological polar surface area (TPSA) is 43.1 Å². The molecule has 0 aliphatic carbocycles. The summed E-state index contributed by atoms with van der Waals surface area (Å²) in [6.45, 7) is 0. The number of carbonyl (C=O) groups excluding carboxylic acids is 1. The number of benzene rings is 1. The standard InChI is InChI=1S/C13H12BrNOS/c14-12-3-2-10(15)7-11(12)13(16)4-1-9-5-6-17-8-9/h2-3,5-8H,1,4,15H2. The Bertz CT molecular complexity index is 522. The summed E-state index contributed by atoms with van der Waals surface area (Å²) in [5.74, 6) is 0.121. The van der Waals surface area contributed by atoms with Gasteiger partial charge in [-0.15, -0.1) is 0 Å². The molecule has 1 aromatic carbocycles. The average Bonchev–Trinajstić information content (AvgIpc) is 2.82. The van der Waals surface area contributed by atoms with Crippen molar-refractivity contribution in [2.75, 3.05) is 5.73 Å². The van der Waals surface area contributed by atoms with Gasteiger partial charge >= 0.3 is 0 Å². The number of aryl methyl sites for hydroxylation is 1. The smallest absolute Gasteiger partial charge is 0.164 e. The lowest BCUT2D eigenvalue weighted by atomic mass is 10.0. The Hall–Kier alpha value is -1.13. The molecule has 2 N–H and O–H groups in total. The van der Waals surface area contributed by atoms with Crippen molar-refractivity contribution in [3.05, 3.63) is 50.6 Å². The summed E-state index contributed by atoms with van der Waals surface area (Å²) in [4.78, 5) is 12.0. The Balaban J connectivity index is 2.07. The van der Waals surface area contributed by atoms with Crippen LogP contribution >= 0.6 is 27.3 Å². The van der Waals surface area contributed by atoms with Gasteiger partial charge < -0.3 is 5.73 Å². The highest BCUT2D eigenvalue weighted by Crippen LogP contribution is 2.22. The third kappa shape index (κ3) is 3.17. The first-order chi connectivity index (χ1) is 8.16. The van der Waals surface area contributed by atoms with Crippen molar-refractivity contribution >= 4 is 38.7 Å². The second kappa shape index (κ2) is 5.47. The van der Waals surface area contributed by atoms with Crippen LogP contribution in [0.25, 0.3) is 0 Å². The molecule has 0 aliphatic rings. The van der Waals surface area contributed by atoms with Gasteiger partial charge in [-0.05, 0) is 47.0 Å². The van der Waals surface area contributed by atoms with Crippen molar-refractivity contribution in [3.8, 4) is 0 Å². The van der Waals surface area contributed by atoms with Crippen LogP contribution in [0.1, 0.15) is 22.3 Å². The van der Waals surface area contributed by atoms with Gasteiger partial charge in [0.2, 0.25) is 0 Å². The van der Waals surface area contributed by atoms with Crippen LogP contribution in [0.3, 0.4) is 0 Å². The molecule has 0 fully saturated rings. The maximum absolute atomic E-state index is 12.0. The molecule has 0 unspecified atom stereocenters. The molecule has 0 amide bonds. The summed E-state index contributed by atoms with van der Waals surface area (Å²) in [6, 6.07) is 7.36. The minimum atomic E-state index is 0.121. The zero-order valence-corrected chi connectivity index (χ0v) is 11.6. The van der Waals surface area contributed by atoms with Crippen molar-refractivity contribution in [2.45, 2.75) is 12.8 Å². The van der Waals surface area contributed by atoms with Gasteiger partial charge in [0.1, 0.15) is 0 Å². The summed E-state index contributed by atoms with van der Waals surface area (Å²) in [5, 5.41) is 4.10. The summed E-state index contributed by atoms with van der Waals surface area (Å²) >= 11 is 5.03. The Morgan fingerprint density at radius 2 is 2.18 bits per heavy atom. The van der Waals surface area contributed by atoms with E-state index < -0.39 is 0 Å². The Morgan fingerprint density at radius 3 is 2.88 bits per heavy atom. The molecule has 0 atom stereocenters. The predicted molar refractivity (Wildman–Crippen MR) is 75.5 cm³/mol. The van der Waals surface area contributed by atoms with E-state index in [-0.39, 0.29) is 5.78 Å². The first-order valence-electron chi connectivity index (χ1n) is 5.26. The van der Waals surface area contributed by atoms with E-state index in [4.69, 9.17) is 5.73 Å². The maximum Gasteiger partial charge on any atom is 0.164 e. The Kier molecular flexibility index (Phi) is 3.97. The van der Waals surface area contributed by atoms with Crippen LogP contribution in [0.15, 0.2) is 39.5 Å². The lowest BCUT2D eigenvalue weighted by molar-refractivity contribution is 0.0982. The third-order valence-electron chi connectivity index (χ3n) is 2.51. The third-order valence-corrected chi connectivity index (χ3v) is 3.94. The molecule has 2 nitrogen and oxygen atoms in total. The summed E-state index contributed by atoms with van der Waals surface area (Å²) in [5.41, 5.74) is 8.18. The first-order valence-corrected chi connectivity index (χ1v) is 6.99. The van der Waals surface area contributed by atoms with Gasteiger partial charge in [-0.3, -0.25) is 4.79 Å². The van der Waals surface area contributed by atoms with Gasteiger partial charge in [-0.2, -0.15) is 11.3 Å². The van der Waals surface area contributed by atoms with Gasteiger partial charge in [0, 0.05) is 22.1 Å². The minimum Gasteiger partial charge on any atom is -0.399 e. The zero-order valence-electron chi connectivity index (χ0n) is 9.15. The fraction of sp³-hybridized carbons (Fsp3) is 0.154. The lowest BCUT2D eigenvalue weighted by Gasteiger charge is -2.04. The van der Waals surface area contributed by atoms with Gasteiger partial charge in [0.15, 0.2) is 5.78 Å². The molecule has 0 saturated heterocycles. The Labute approximate surface area is 113 Å². The average molecular weight is 310 g/mol. The molecule has 1 heterocycles. The SMILES string of the molecule is Nc1ccc(Br)c(C(=O)CCc2ccsc2)c1. The predicted octanol–water partition coefficient (Wildman–Crippen LogP) is 3.91. The molecule has 1 aromatic heterocycles. The summed E-state index contributed by atoms with van der Waals surface area (Å²) in [7, 11) is 0. The Morgan fingerprint density at radius 1 is 1.35 bits per heavy atom. The van der Waals surface area contributed by atoms with Gasteiger partial charge in [0.25, 0.3) is 0 Å². The van der Waals surface area contributed by atoms with E-state index in [0.29, 0.717) is 17.7 Å². The fourth-order valence-electron chi connectivity index (χ4n) is 1.58. The van der Waals surface area contributed by atoms with Crippen molar-refractivity contribution in [1.29, 1.82) is 0 Å². The fourth-order valence-corrected chi connectivity index (χ4v) is 2.75. The number of halogens is 1. The molecular formula is C13H12BrNOS. The molecule has 2 rings (SSSR count). The number of hydrogen-bond acceptors (Lipinski definition) is 3. The van der Waals surface area contributed by atoms with E-state index >= 15 is 0 Å². The van der Waals surface area contributed by atoms with Gasteiger partial charge in [-0.25, -0.2) is 0 Å². The molecule has 2 aromatic rings. The van der Waals surface area contributed by atoms with Crippen LogP contribution in [-0.4, -0.2) is 5.78 Å². The molecule has 4 heteroatoms. The number of Topliss-reactive ketones (excluding diaryl/α,β-unsaturated/α-hetero) is 1. The van der Waals surface area contributed by atoms with Crippen molar-refractivity contribution < 1.29 is 4.79 Å². The molecular weight excluding hydrogens is 298 g/mol. The monoisotopic (exact) mass is 309 g/mol. The molecule has 0 saturated carbocycles. The highest BCUT2D eigenvalue weighted by Gasteiger charge is 2.10. The molecule has 88 valence electrons. The summed E-state index contributed by atoms with van der Waals surface area (Å²) in [6.07, 6.45) is 1.29. The highest BCUT2D eigenvalue weighted by atomic mass is 79.9. The van der Waals surface area contributed by atoms with E-state index in [0.717, 1.165) is 10.9 Å². The highest BCUT2D eigenvalue weighted by molar-refractivity contribution is 9.10. The van der Waals surface area contributed by atoms with Crippen molar-refractivity contribution in [2.24, 2.45) is 0 Å². The molecule has 0 bridgehead atoms. The van der Waals surface area contributed by atoms with E-state index in [1.54, 1.807) is 23.5 Å². The number of carbonyl (C=O) groups is 1. The summed E-state index contributed by atoms with van der Waals surface area (Å²) < 4.78 is 0.807. The van der Waals surface area contributed by atoms with E-state index in [1.165, 1.54) is 5.56 Å². The minimum absolute atomic E-state index is 0.121. The number of nitrogens with two attached hydrogens (primary N) is 1. The van der Waals surface area contributed by atoms with E-state index in [1.807, 2.05) is 17.5 Å². The lowest BCUT2D eigenvalue weighted by Crippen LogP contribution is -2.03. The maximum atomic E-state index is 12.0. The zero-order chi connectivity index (χ0) is 12.3. The van der Waals surface area contributed by atoms with Crippen LogP contribution in [0.2, 0.25) is 0 Å². The molecule has 0 aliphatic heterocycles. The number of ketones is 1. The number of rotatable bonds is 4. The quantitative estimate of drug-likeness (QED) is 0.687. The second-order valence-corrected chi connectivity index (χ2v) is 5.43. The number of hydrogen-bond donors (Lipinski definition) is 1. The molecule has 0 spiro atoms. The van der Waals surface area contributed by atoms with Crippen molar-refractivity contribution in [1.82, 2.24) is 0 Å².